The Hall–Kier alpha value is -1.61. The Labute approximate surface area is 94.4 Å². The van der Waals surface area contributed by atoms with Gasteiger partial charge in [0.1, 0.15) is 11.3 Å². The molecule has 1 aromatic heterocycles. The topological polar surface area (TPSA) is 53.4 Å². The molecule has 1 heterocycles. The highest BCUT2D eigenvalue weighted by molar-refractivity contribution is 5.88. The summed E-state index contributed by atoms with van der Waals surface area (Å²) < 4.78 is 0. The second-order valence-electron chi connectivity index (χ2n) is 4.57. The molecule has 0 fully saturated rings. The van der Waals surface area contributed by atoms with Gasteiger partial charge in [-0.1, -0.05) is 26.0 Å². The third-order valence-electron chi connectivity index (χ3n) is 2.87. The molecule has 16 heavy (non-hydrogen) atoms. The molecule has 1 aromatic carbocycles. The molecule has 0 aliphatic carbocycles. The van der Waals surface area contributed by atoms with E-state index in [1.54, 1.807) is 12.3 Å². The Morgan fingerprint density at radius 1 is 1.25 bits per heavy atom. The number of aromatic hydroxyl groups is 1. The van der Waals surface area contributed by atoms with E-state index in [1.165, 1.54) is 0 Å². The fourth-order valence-corrected chi connectivity index (χ4v) is 1.83. The number of aliphatic hydroxyl groups is 1. The van der Waals surface area contributed by atoms with Gasteiger partial charge in [0.25, 0.3) is 0 Å². The monoisotopic (exact) mass is 217 g/mol. The number of fused-ring (bicyclic) bond motifs is 1. The van der Waals surface area contributed by atoms with E-state index in [-0.39, 0.29) is 17.8 Å². The molecule has 0 spiro atoms. The van der Waals surface area contributed by atoms with Gasteiger partial charge in [-0.2, -0.15) is 0 Å². The van der Waals surface area contributed by atoms with Crippen molar-refractivity contribution in [2.45, 2.75) is 19.3 Å². The molecular formula is C13H15NO2. The number of hydrogen-bond donors (Lipinski definition) is 2. The maximum Gasteiger partial charge on any atom is 0.141 e. The molecule has 0 radical (unpaired) electrons. The van der Waals surface area contributed by atoms with Crippen LogP contribution in [0.3, 0.4) is 0 Å². The summed E-state index contributed by atoms with van der Waals surface area (Å²) in [5.74, 6) is 0.174. The summed E-state index contributed by atoms with van der Waals surface area (Å²) in [6.07, 6.45) is 1.65. The van der Waals surface area contributed by atoms with Crippen LogP contribution in [-0.4, -0.2) is 21.8 Å². The van der Waals surface area contributed by atoms with Crippen molar-refractivity contribution in [3.05, 3.63) is 36.0 Å². The number of aromatic nitrogens is 1. The summed E-state index contributed by atoms with van der Waals surface area (Å²) >= 11 is 0. The van der Waals surface area contributed by atoms with Crippen LogP contribution >= 0.6 is 0 Å². The Bertz CT molecular complexity index is 520. The first-order valence-electron chi connectivity index (χ1n) is 5.24. The van der Waals surface area contributed by atoms with Crippen LogP contribution in [-0.2, 0) is 5.41 Å². The first kappa shape index (κ1) is 10.9. The molecule has 2 aromatic rings. The van der Waals surface area contributed by atoms with Gasteiger partial charge in [0.2, 0.25) is 0 Å². The van der Waals surface area contributed by atoms with Crippen LogP contribution in [0.1, 0.15) is 19.4 Å². The van der Waals surface area contributed by atoms with Crippen molar-refractivity contribution < 1.29 is 10.2 Å². The third-order valence-corrected chi connectivity index (χ3v) is 2.87. The van der Waals surface area contributed by atoms with Crippen LogP contribution in [0.4, 0.5) is 0 Å². The number of phenols is 1. The Balaban J connectivity index is 2.77. The zero-order valence-electron chi connectivity index (χ0n) is 9.44. The standard InChI is InChI=1S/C13H15NO2/c1-13(2,8-15)10-5-6-11(16)12-9(10)4-3-7-14-12/h3-7,15-16H,8H2,1-2H3. The molecular weight excluding hydrogens is 202 g/mol. The molecule has 0 atom stereocenters. The van der Waals surface area contributed by atoms with Crippen molar-refractivity contribution in [3.63, 3.8) is 0 Å². The van der Waals surface area contributed by atoms with E-state index in [4.69, 9.17) is 0 Å². The van der Waals surface area contributed by atoms with E-state index >= 15 is 0 Å². The van der Waals surface area contributed by atoms with Gasteiger partial charge in [-0.05, 0) is 17.7 Å². The summed E-state index contributed by atoms with van der Waals surface area (Å²) in [4.78, 5) is 4.16. The molecule has 0 bridgehead atoms. The number of hydrogen-bond acceptors (Lipinski definition) is 3. The molecule has 3 nitrogen and oxygen atoms in total. The van der Waals surface area contributed by atoms with Crippen LogP contribution in [0.25, 0.3) is 10.9 Å². The molecule has 2 rings (SSSR count). The van der Waals surface area contributed by atoms with Crippen molar-refractivity contribution in [2.75, 3.05) is 6.61 Å². The van der Waals surface area contributed by atoms with Crippen LogP contribution in [0.15, 0.2) is 30.5 Å². The minimum absolute atomic E-state index is 0.0573. The fourth-order valence-electron chi connectivity index (χ4n) is 1.83. The summed E-state index contributed by atoms with van der Waals surface area (Å²) in [6.45, 7) is 3.99. The summed E-state index contributed by atoms with van der Waals surface area (Å²) in [5, 5.41) is 20.0. The maximum absolute atomic E-state index is 9.71. The number of phenolic OH excluding ortho intramolecular Hbond substituents is 1. The number of benzene rings is 1. The van der Waals surface area contributed by atoms with Crippen LogP contribution < -0.4 is 0 Å². The minimum atomic E-state index is -0.338. The van der Waals surface area contributed by atoms with E-state index < -0.39 is 0 Å². The highest BCUT2D eigenvalue weighted by atomic mass is 16.3. The highest BCUT2D eigenvalue weighted by Crippen LogP contribution is 2.33. The molecule has 2 N–H and O–H groups in total. The second-order valence-corrected chi connectivity index (χ2v) is 4.57. The van der Waals surface area contributed by atoms with E-state index in [1.807, 2.05) is 32.0 Å². The average molecular weight is 217 g/mol. The lowest BCUT2D eigenvalue weighted by atomic mass is 9.83. The number of rotatable bonds is 2. The van der Waals surface area contributed by atoms with Crippen LogP contribution in [0, 0.1) is 0 Å². The predicted molar refractivity (Wildman–Crippen MR) is 63.5 cm³/mol. The third kappa shape index (κ3) is 1.63. The van der Waals surface area contributed by atoms with Crippen molar-refractivity contribution >= 4 is 10.9 Å². The van der Waals surface area contributed by atoms with Crippen LogP contribution in [0.5, 0.6) is 5.75 Å². The van der Waals surface area contributed by atoms with E-state index in [0.29, 0.717) is 5.52 Å². The van der Waals surface area contributed by atoms with Gasteiger partial charge in [0.15, 0.2) is 0 Å². The Morgan fingerprint density at radius 3 is 2.69 bits per heavy atom. The summed E-state index contributed by atoms with van der Waals surface area (Å²) in [5.41, 5.74) is 1.24. The van der Waals surface area contributed by atoms with Gasteiger partial charge < -0.3 is 10.2 Å². The first-order chi connectivity index (χ1) is 7.56. The fraction of sp³-hybridized carbons (Fsp3) is 0.308. The molecule has 0 saturated carbocycles. The SMILES string of the molecule is CC(C)(CO)c1ccc(O)c2ncccc12. The largest absolute Gasteiger partial charge is 0.506 e. The molecule has 0 aliphatic heterocycles. The highest BCUT2D eigenvalue weighted by Gasteiger charge is 2.22. The molecule has 3 heteroatoms. The molecule has 0 amide bonds. The Morgan fingerprint density at radius 2 is 2.00 bits per heavy atom. The van der Waals surface area contributed by atoms with Gasteiger partial charge in [-0.3, -0.25) is 4.98 Å². The number of nitrogens with zero attached hydrogens (tertiary/aromatic N) is 1. The molecule has 0 unspecified atom stereocenters. The van der Waals surface area contributed by atoms with Crippen molar-refractivity contribution in [3.8, 4) is 5.75 Å². The van der Waals surface area contributed by atoms with E-state index in [0.717, 1.165) is 10.9 Å². The summed E-state index contributed by atoms with van der Waals surface area (Å²) in [7, 11) is 0. The number of pyridine rings is 1. The van der Waals surface area contributed by atoms with Gasteiger partial charge >= 0.3 is 0 Å². The lowest BCUT2D eigenvalue weighted by Crippen LogP contribution is -2.22. The van der Waals surface area contributed by atoms with Crippen molar-refractivity contribution in [1.29, 1.82) is 0 Å². The van der Waals surface area contributed by atoms with Gasteiger partial charge in [0, 0.05) is 17.0 Å². The first-order valence-corrected chi connectivity index (χ1v) is 5.24. The smallest absolute Gasteiger partial charge is 0.141 e. The average Bonchev–Trinajstić information content (AvgIpc) is 2.29. The zero-order chi connectivity index (χ0) is 11.8. The van der Waals surface area contributed by atoms with Crippen molar-refractivity contribution in [1.82, 2.24) is 4.98 Å². The molecule has 84 valence electrons. The summed E-state index contributed by atoms with van der Waals surface area (Å²) in [6, 6.07) is 7.21. The Kier molecular flexibility index (Phi) is 2.56. The van der Waals surface area contributed by atoms with E-state index in [2.05, 4.69) is 4.98 Å². The van der Waals surface area contributed by atoms with Gasteiger partial charge in [0.05, 0.1) is 6.61 Å². The maximum atomic E-state index is 9.71. The van der Waals surface area contributed by atoms with Crippen molar-refractivity contribution in [2.24, 2.45) is 0 Å². The second kappa shape index (κ2) is 3.76. The molecule has 0 saturated heterocycles. The van der Waals surface area contributed by atoms with E-state index in [9.17, 15) is 10.2 Å². The number of aliphatic hydroxyl groups excluding tert-OH is 1. The normalized spacial score (nSPS) is 11.9. The predicted octanol–water partition coefficient (Wildman–Crippen LogP) is 2.21. The minimum Gasteiger partial charge on any atom is -0.506 e. The lowest BCUT2D eigenvalue weighted by molar-refractivity contribution is 0.219. The van der Waals surface area contributed by atoms with Gasteiger partial charge in [-0.15, -0.1) is 0 Å². The van der Waals surface area contributed by atoms with Gasteiger partial charge in [-0.25, -0.2) is 0 Å². The van der Waals surface area contributed by atoms with Crippen LogP contribution in [0.2, 0.25) is 0 Å². The lowest BCUT2D eigenvalue weighted by Gasteiger charge is -2.24. The molecule has 0 aliphatic rings. The zero-order valence-corrected chi connectivity index (χ0v) is 9.44. The quantitative estimate of drug-likeness (QED) is 0.810.